The molecule has 3 N–H and O–H groups in total. The first-order valence-electron chi connectivity index (χ1n) is 6.79. The van der Waals surface area contributed by atoms with Crippen LogP contribution in [-0.2, 0) is 10.0 Å². The predicted molar refractivity (Wildman–Crippen MR) is 89.8 cm³/mol. The first-order valence-corrected chi connectivity index (χ1v) is 8.23. The molecule has 0 saturated heterocycles. The van der Waals surface area contributed by atoms with Gasteiger partial charge in [0, 0.05) is 31.2 Å². The van der Waals surface area contributed by atoms with E-state index in [1.165, 1.54) is 23.5 Å². The molecule has 0 unspecified atom stereocenters. The van der Waals surface area contributed by atoms with Crippen molar-refractivity contribution in [2.75, 3.05) is 13.6 Å². The van der Waals surface area contributed by atoms with Crippen molar-refractivity contribution in [1.82, 2.24) is 9.62 Å². The average molecular weight is 350 g/mol. The van der Waals surface area contributed by atoms with Crippen LogP contribution in [0.15, 0.2) is 29.2 Å². The number of carbonyl (C=O) groups excluding carboxylic acids is 1. The van der Waals surface area contributed by atoms with Gasteiger partial charge >= 0.3 is 0 Å². The van der Waals surface area contributed by atoms with Crippen molar-refractivity contribution >= 4 is 28.3 Å². The van der Waals surface area contributed by atoms with Crippen molar-refractivity contribution in [1.29, 1.82) is 0 Å². The van der Waals surface area contributed by atoms with Crippen LogP contribution < -0.4 is 11.1 Å². The Hall–Kier alpha value is -1.15. The monoisotopic (exact) mass is 349 g/mol. The fourth-order valence-electron chi connectivity index (χ4n) is 1.61. The van der Waals surface area contributed by atoms with Crippen LogP contribution in [0.4, 0.5) is 0 Å². The first-order chi connectivity index (χ1) is 9.70. The molecule has 1 rings (SSSR count). The Labute approximate surface area is 138 Å². The van der Waals surface area contributed by atoms with Crippen LogP contribution in [0.25, 0.3) is 0 Å². The fourth-order valence-corrected chi connectivity index (χ4v) is 3.02. The standard InChI is InChI=1S/C14H23N3O3S.ClH/c1-10(2)17(4)21(19,20)13-7-5-6-12(8-13)14(18)16-11(3)9-15;/h5-8,10-11H,9,15H2,1-4H3,(H,16,18);1H/t11-;/m0./s1. The summed E-state index contributed by atoms with van der Waals surface area (Å²) in [6.07, 6.45) is 0. The van der Waals surface area contributed by atoms with E-state index >= 15 is 0 Å². The van der Waals surface area contributed by atoms with Gasteiger partial charge in [-0.1, -0.05) is 6.07 Å². The second-order valence-corrected chi connectivity index (χ2v) is 7.25. The molecule has 0 bridgehead atoms. The van der Waals surface area contributed by atoms with E-state index in [2.05, 4.69) is 5.32 Å². The first kappa shape index (κ1) is 20.9. The van der Waals surface area contributed by atoms with E-state index in [9.17, 15) is 13.2 Å². The van der Waals surface area contributed by atoms with Crippen LogP contribution in [0.3, 0.4) is 0 Å². The third kappa shape index (κ3) is 4.95. The highest BCUT2D eigenvalue weighted by Crippen LogP contribution is 2.17. The summed E-state index contributed by atoms with van der Waals surface area (Å²) >= 11 is 0. The van der Waals surface area contributed by atoms with E-state index in [1.807, 2.05) is 0 Å². The summed E-state index contributed by atoms with van der Waals surface area (Å²) in [5.74, 6) is -0.336. The van der Waals surface area contributed by atoms with Crippen LogP contribution in [-0.4, -0.2) is 44.3 Å². The smallest absolute Gasteiger partial charge is 0.251 e. The Morgan fingerprint density at radius 1 is 1.32 bits per heavy atom. The molecule has 1 atom stereocenters. The number of hydrogen-bond donors (Lipinski definition) is 2. The number of halogens is 1. The molecule has 0 aromatic heterocycles. The Morgan fingerprint density at radius 3 is 2.41 bits per heavy atom. The van der Waals surface area contributed by atoms with Crippen molar-refractivity contribution in [2.24, 2.45) is 5.73 Å². The molecule has 1 aromatic rings. The van der Waals surface area contributed by atoms with E-state index in [0.717, 1.165) is 0 Å². The Morgan fingerprint density at radius 2 is 1.91 bits per heavy atom. The summed E-state index contributed by atoms with van der Waals surface area (Å²) in [6, 6.07) is 5.67. The average Bonchev–Trinajstić information content (AvgIpc) is 2.46. The van der Waals surface area contributed by atoms with Crippen molar-refractivity contribution in [3.8, 4) is 0 Å². The molecule has 0 fully saturated rings. The molecule has 0 aliphatic heterocycles. The van der Waals surface area contributed by atoms with Crippen LogP contribution >= 0.6 is 12.4 Å². The summed E-state index contributed by atoms with van der Waals surface area (Å²) in [5, 5.41) is 2.70. The number of benzene rings is 1. The van der Waals surface area contributed by atoms with E-state index in [-0.39, 0.29) is 35.3 Å². The molecule has 0 aliphatic carbocycles. The second-order valence-electron chi connectivity index (χ2n) is 5.25. The van der Waals surface area contributed by atoms with Crippen LogP contribution in [0.5, 0.6) is 0 Å². The lowest BCUT2D eigenvalue weighted by Crippen LogP contribution is -2.38. The Bertz CT molecular complexity index is 605. The zero-order chi connectivity index (χ0) is 16.2. The summed E-state index contributed by atoms with van der Waals surface area (Å²) < 4.78 is 26.1. The Balaban J connectivity index is 0.00000441. The zero-order valence-corrected chi connectivity index (χ0v) is 14.9. The minimum absolute atomic E-state index is 0. The third-order valence-electron chi connectivity index (χ3n) is 3.23. The molecule has 1 amide bonds. The minimum Gasteiger partial charge on any atom is -0.348 e. The molecule has 0 heterocycles. The number of sulfonamides is 1. The molecule has 22 heavy (non-hydrogen) atoms. The number of nitrogens with zero attached hydrogens (tertiary/aromatic N) is 1. The quantitative estimate of drug-likeness (QED) is 0.807. The SMILES string of the molecule is CC(C)N(C)S(=O)(=O)c1cccc(C(=O)N[C@@H](C)CN)c1.Cl. The normalized spacial score (nSPS) is 12.9. The van der Waals surface area contributed by atoms with Crippen LogP contribution in [0.1, 0.15) is 31.1 Å². The fraction of sp³-hybridized carbons (Fsp3) is 0.500. The highest BCUT2D eigenvalue weighted by atomic mass is 35.5. The highest BCUT2D eigenvalue weighted by molar-refractivity contribution is 7.89. The molecule has 0 saturated carbocycles. The van der Waals surface area contributed by atoms with Gasteiger partial charge in [0.25, 0.3) is 5.91 Å². The number of amides is 1. The van der Waals surface area contributed by atoms with Crippen LogP contribution in [0.2, 0.25) is 0 Å². The molecular formula is C14H24ClN3O3S. The van der Waals surface area contributed by atoms with Crippen molar-refractivity contribution in [2.45, 2.75) is 37.8 Å². The number of nitrogens with two attached hydrogens (primary N) is 1. The van der Waals surface area contributed by atoms with Crippen molar-refractivity contribution in [3.63, 3.8) is 0 Å². The van der Waals surface area contributed by atoms with Crippen molar-refractivity contribution < 1.29 is 13.2 Å². The van der Waals surface area contributed by atoms with Crippen LogP contribution in [0, 0.1) is 0 Å². The van der Waals surface area contributed by atoms with Gasteiger partial charge < -0.3 is 11.1 Å². The van der Waals surface area contributed by atoms with E-state index in [1.54, 1.807) is 32.9 Å². The summed E-state index contributed by atoms with van der Waals surface area (Å²) in [4.78, 5) is 12.1. The maximum Gasteiger partial charge on any atom is 0.251 e. The van der Waals surface area contributed by atoms with E-state index in [4.69, 9.17) is 5.73 Å². The van der Waals surface area contributed by atoms with Crippen molar-refractivity contribution in [3.05, 3.63) is 29.8 Å². The van der Waals surface area contributed by atoms with Gasteiger partial charge in [0.05, 0.1) is 4.90 Å². The minimum atomic E-state index is -3.60. The van der Waals surface area contributed by atoms with E-state index < -0.39 is 10.0 Å². The largest absolute Gasteiger partial charge is 0.348 e. The lowest BCUT2D eigenvalue weighted by molar-refractivity contribution is 0.0941. The number of carbonyl (C=O) groups is 1. The zero-order valence-electron chi connectivity index (χ0n) is 13.2. The number of nitrogens with one attached hydrogen (secondary N) is 1. The summed E-state index contributed by atoms with van der Waals surface area (Å²) in [5.41, 5.74) is 5.75. The number of rotatable bonds is 6. The second kappa shape index (κ2) is 8.47. The molecule has 0 radical (unpaired) electrons. The maximum atomic E-state index is 12.4. The summed E-state index contributed by atoms with van der Waals surface area (Å²) in [6.45, 7) is 5.68. The maximum absolute atomic E-state index is 12.4. The molecule has 126 valence electrons. The third-order valence-corrected chi connectivity index (χ3v) is 5.26. The van der Waals surface area contributed by atoms with E-state index in [0.29, 0.717) is 12.1 Å². The number of hydrogen-bond acceptors (Lipinski definition) is 4. The lowest BCUT2D eigenvalue weighted by atomic mass is 10.2. The highest BCUT2D eigenvalue weighted by Gasteiger charge is 2.24. The molecule has 6 nitrogen and oxygen atoms in total. The lowest BCUT2D eigenvalue weighted by Gasteiger charge is -2.21. The predicted octanol–water partition coefficient (Wildman–Crippen LogP) is 1.21. The molecule has 0 aliphatic rings. The van der Waals surface area contributed by atoms with Gasteiger partial charge in [-0.3, -0.25) is 4.79 Å². The van der Waals surface area contributed by atoms with Gasteiger partial charge in [0.1, 0.15) is 0 Å². The van der Waals surface area contributed by atoms with Gasteiger partial charge in [-0.2, -0.15) is 4.31 Å². The summed E-state index contributed by atoms with van der Waals surface area (Å²) in [7, 11) is -2.08. The molecular weight excluding hydrogens is 326 g/mol. The molecule has 8 heteroatoms. The molecule has 0 spiro atoms. The van der Waals surface area contributed by atoms with Gasteiger partial charge in [-0.15, -0.1) is 12.4 Å². The Kier molecular flexibility index (Phi) is 8.03. The van der Waals surface area contributed by atoms with Gasteiger partial charge in [0.15, 0.2) is 0 Å². The van der Waals surface area contributed by atoms with Gasteiger partial charge in [0.2, 0.25) is 10.0 Å². The van der Waals surface area contributed by atoms with Gasteiger partial charge in [-0.25, -0.2) is 8.42 Å². The van der Waals surface area contributed by atoms with Gasteiger partial charge in [-0.05, 0) is 39.0 Å². The molecule has 1 aromatic carbocycles. The topological polar surface area (TPSA) is 92.5 Å².